The molecule has 0 saturated carbocycles. The highest BCUT2D eigenvalue weighted by atomic mass is 16.1. The maximum absolute atomic E-state index is 12.1. The van der Waals surface area contributed by atoms with Crippen LogP contribution < -0.4 is 16.0 Å². The Morgan fingerprint density at radius 3 is 2.78 bits per heavy atom. The third-order valence-electron chi connectivity index (χ3n) is 3.57. The molecule has 18 heavy (non-hydrogen) atoms. The third-order valence-corrected chi connectivity index (χ3v) is 3.57. The van der Waals surface area contributed by atoms with Gasteiger partial charge in [-0.25, -0.2) is 4.68 Å². The molecule has 0 radical (unpaired) electrons. The quantitative estimate of drug-likeness (QED) is 0.652. The van der Waals surface area contributed by atoms with Crippen LogP contribution in [0.5, 0.6) is 0 Å². The third kappa shape index (κ3) is 1.93. The van der Waals surface area contributed by atoms with E-state index in [2.05, 4.69) is 21.0 Å². The van der Waals surface area contributed by atoms with Crippen molar-refractivity contribution < 1.29 is 4.79 Å². The highest BCUT2D eigenvalue weighted by Gasteiger charge is 2.23. The van der Waals surface area contributed by atoms with Gasteiger partial charge in [0.05, 0.1) is 12.2 Å². The molecular formula is C12H17N5O. The van der Waals surface area contributed by atoms with Gasteiger partial charge in [-0.15, -0.1) is 0 Å². The van der Waals surface area contributed by atoms with Crippen molar-refractivity contribution in [1.82, 2.24) is 20.4 Å². The molecule has 0 aromatic carbocycles. The predicted octanol–water partition coefficient (Wildman–Crippen LogP) is -0.114. The monoisotopic (exact) mass is 247 g/mol. The van der Waals surface area contributed by atoms with Gasteiger partial charge in [-0.05, 0) is 12.5 Å². The number of amides is 1. The fraction of sp³-hybridized carbons (Fsp3) is 0.500. The standard InChI is InChI=1S/C12H17N5O/c1-8(9-4-13-5-9)12(18)16-11-2-3-15-17(11)10-6-14-7-10/h2-3,10,13-14H,4-7H2,1H3,(H,16,18). The first-order valence-electron chi connectivity index (χ1n) is 6.20. The molecule has 0 aliphatic carbocycles. The lowest BCUT2D eigenvalue weighted by atomic mass is 10.0. The fourth-order valence-electron chi connectivity index (χ4n) is 2.04. The van der Waals surface area contributed by atoms with Crippen LogP contribution >= 0.6 is 0 Å². The van der Waals surface area contributed by atoms with Crippen LogP contribution in [0.2, 0.25) is 0 Å². The molecule has 3 N–H and O–H groups in total. The molecule has 0 unspecified atom stereocenters. The Labute approximate surface area is 105 Å². The maximum Gasteiger partial charge on any atom is 0.252 e. The number of anilines is 1. The first-order chi connectivity index (χ1) is 8.75. The SMILES string of the molecule is CC(C(=O)Nc1ccnn1C1CNC1)=C1CNC1. The van der Waals surface area contributed by atoms with Crippen LogP contribution in [0.15, 0.2) is 23.4 Å². The molecule has 0 spiro atoms. The molecule has 1 amide bonds. The van der Waals surface area contributed by atoms with Crippen LogP contribution in [0.4, 0.5) is 5.82 Å². The number of aromatic nitrogens is 2. The Morgan fingerprint density at radius 1 is 1.44 bits per heavy atom. The lowest BCUT2D eigenvalue weighted by molar-refractivity contribution is -0.112. The molecule has 3 rings (SSSR count). The molecule has 2 fully saturated rings. The average molecular weight is 247 g/mol. The normalized spacial score (nSPS) is 19.1. The molecular weight excluding hydrogens is 230 g/mol. The molecule has 0 bridgehead atoms. The van der Waals surface area contributed by atoms with Gasteiger partial charge in [0.1, 0.15) is 5.82 Å². The molecule has 0 atom stereocenters. The van der Waals surface area contributed by atoms with Crippen LogP contribution in [0.3, 0.4) is 0 Å². The summed E-state index contributed by atoms with van der Waals surface area (Å²) in [5, 5.41) is 13.5. The highest BCUT2D eigenvalue weighted by molar-refractivity contribution is 6.03. The molecule has 2 aliphatic heterocycles. The number of rotatable bonds is 3. The van der Waals surface area contributed by atoms with E-state index in [0.29, 0.717) is 6.04 Å². The van der Waals surface area contributed by atoms with Crippen molar-refractivity contribution in [3.05, 3.63) is 23.4 Å². The molecule has 96 valence electrons. The molecule has 6 heteroatoms. The van der Waals surface area contributed by atoms with Crippen molar-refractivity contribution in [2.45, 2.75) is 13.0 Å². The predicted molar refractivity (Wildman–Crippen MR) is 68.3 cm³/mol. The summed E-state index contributed by atoms with van der Waals surface area (Å²) >= 11 is 0. The second-order valence-electron chi connectivity index (χ2n) is 4.76. The summed E-state index contributed by atoms with van der Waals surface area (Å²) in [6.45, 7) is 5.34. The zero-order chi connectivity index (χ0) is 12.5. The van der Waals surface area contributed by atoms with Gasteiger partial charge in [0.2, 0.25) is 0 Å². The second-order valence-corrected chi connectivity index (χ2v) is 4.76. The Hall–Kier alpha value is -1.66. The second kappa shape index (κ2) is 4.55. The summed E-state index contributed by atoms with van der Waals surface area (Å²) in [4.78, 5) is 12.1. The van der Waals surface area contributed by atoms with Gasteiger partial charge in [-0.1, -0.05) is 0 Å². The summed E-state index contributed by atoms with van der Waals surface area (Å²) < 4.78 is 1.88. The molecule has 6 nitrogen and oxygen atoms in total. The zero-order valence-corrected chi connectivity index (χ0v) is 10.4. The van der Waals surface area contributed by atoms with Gasteiger partial charge in [-0.3, -0.25) is 4.79 Å². The first kappa shape index (κ1) is 11.4. The highest BCUT2D eigenvalue weighted by Crippen LogP contribution is 2.18. The van der Waals surface area contributed by atoms with E-state index in [1.54, 1.807) is 6.20 Å². The minimum atomic E-state index is -0.0273. The van der Waals surface area contributed by atoms with Crippen molar-refractivity contribution in [2.24, 2.45) is 0 Å². The molecule has 3 heterocycles. The fourth-order valence-corrected chi connectivity index (χ4v) is 2.04. The Kier molecular flexibility index (Phi) is 2.89. The summed E-state index contributed by atoms with van der Waals surface area (Å²) in [7, 11) is 0. The number of hydrogen-bond donors (Lipinski definition) is 3. The van der Waals surface area contributed by atoms with Crippen LogP contribution in [0.25, 0.3) is 0 Å². The van der Waals surface area contributed by atoms with E-state index in [-0.39, 0.29) is 5.91 Å². The van der Waals surface area contributed by atoms with Crippen LogP contribution in [0.1, 0.15) is 13.0 Å². The van der Waals surface area contributed by atoms with E-state index in [1.165, 1.54) is 5.57 Å². The summed E-state index contributed by atoms with van der Waals surface area (Å²) in [5.74, 6) is 0.749. The van der Waals surface area contributed by atoms with E-state index in [9.17, 15) is 4.79 Å². The van der Waals surface area contributed by atoms with Gasteiger partial charge < -0.3 is 16.0 Å². The Balaban J connectivity index is 1.72. The topological polar surface area (TPSA) is 71.0 Å². The lowest BCUT2D eigenvalue weighted by Gasteiger charge is -2.29. The van der Waals surface area contributed by atoms with Crippen LogP contribution in [0, 0.1) is 0 Å². The van der Waals surface area contributed by atoms with Crippen molar-refractivity contribution in [2.75, 3.05) is 31.5 Å². The van der Waals surface area contributed by atoms with E-state index in [1.807, 2.05) is 17.7 Å². The number of nitrogens with zero attached hydrogens (tertiary/aromatic N) is 2. The molecule has 2 saturated heterocycles. The smallest absolute Gasteiger partial charge is 0.252 e. The van der Waals surface area contributed by atoms with Crippen molar-refractivity contribution >= 4 is 11.7 Å². The van der Waals surface area contributed by atoms with Crippen molar-refractivity contribution in [1.29, 1.82) is 0 Å². The zero-order valence-electron chi connectivity index (χ0n) is 10.4. The molecule has 2 aliphatic rings. The number of carbonyl (C=O) groups is 1. The van der Waals surface area contributed by atoms with Crippen LogP contribution in [-0.2, 0) is 4.79 Å². The van der Waals surface area contributed by atoms with Gasteiger partial charge in [0.15, 0.2) is 0 Å². The van der Waals surface area contributed by atoms with E-state index >= 15 is 0 Å². The molecule has 1 aromatic rings. The van der Waals surface area contributed by atoms with E-state index < -0.39 is 0 Å². The first-order valence-corrected chi connectivity index (χ1v) is 6.20. The number of hydrogen-bond acceptors (Lipinski definition) is 4. The van der Waals surface area contributed by atoms with Crippen LogP contribution in [-0.4, -0.2) is 41.9 Å². The van der Waals surface area contributed by atoms with Crippen molar-refractivity contribution in [3.63, 3.8) is 0 Å². The summed E-state index contributed by atoms with van der Waals surface area (Å²) in [5.41, 5.74) is 2.00. The van der Waals surface area contributed by atoms with Gasteiger partial charge in [-0.2, -0.15) is 5.10 Å². The maximum atomic E-state index is 12.1. The minimum absolute atomic E-state index is 0.0273. The minimum Gasteiger partial charge on any atom is -0.312 e. The Bertz CT molecular complexity index is 494. The van der Waals surface area contributed by atoms with Gasteiger partial charge >= 0.3 is 0 Å². The number of nitrogens with one attached hydrogen (secondary N) is 3. The summed E-state index contributed by atoms with van der Waals surface area (Å²) in [6.07, 6.45) is 1.72. The summed E-state index contributed by atoms with van der Waals surface area (Å²) in [6, 6.07) is 2.20. The Morgan fingerprint density at radius 2 is 2.22 bits per heavy atom. The largest absolute Gasteiger partial charge is 0.312 e. The molecule has 1 aromatic heterocycles. The van der Waals surface area contributed by atoms with Gasteiger partial charge in [0, 0.05) is 37.8 Å². The van der Waals surface area contributed by atoms with E-state index in [4.69, 9.17) is 0 Å². The van der Waals surface area contributed by atoms with Crippen molar-refractivity contribution in [3.8, 4) is 0 Å². The van der Waals surface area contributed by atoms with Gasteiger partial charge in [0.25, 0.3) is 5.91 Å². The average Bonchev–Trinajstić information content (AvgIpc) is 2.61. The lowest BCUT2D eigenvalue weighted by Crippen LogP contribution is -2.44. The number of carbonyl (C=O) groups excluding carboxylic acids is 1. The van der Waals surface area contributed by atoms with E-state index in [0.717, 1.165) is 37.6 Å².